The number of ether oxygens (including phenoxy) is 1. The Labute approximate surface area is 166 Å². The number of barbiturate groups is 1. The Balaban J connectivity index is 1.90. The van der Waals surface area contributed by atoms with E-state index in [0.717, 1.165) is 10.6 Å². The zero-order chi connectivity index (χ0) is 21.1. The molecule has 0 aromatic heterocycles. The van der Waals surface area contributed by atoms with Gasteiger partial charge in [-0.3, -0.25) is 29.9 Å². The Bertz CT molecular complexity index is 939. The van der Waals surface area contributed by atoms with Gasteiger partial charge in [0, 0.05) is 36.3 Å². The zero-order valence-corrected chi connectivity index (χ0v) is 16.4. The Morgan fingerprint density at radius 3 is 2.66 bits per heavy atom. The molecule has 29 heavy (non-hydrogen) atoms. The van der Waals surface area contributed by atoms with Crippen molar-refractivity contribution >= 4 is 29.2 Å². The summed E-state index contributed by atoms with van der Waals surface area (Å²) < 4.78 is 5.60. The number of non-ortho nitro benzene ring substituents is 1. The maximum atomic E-state index is 13.7. The first kappa shape index (κ1) is 19.3. The zero-order valence-electron chi connectivity index (χ0n) is 16.4. The number of hydrogen-bond donors (Lipinski definition) is 1. The molecule has 2 atom stereocenters. The van der Waals surface area contributed by atoms with Gasteiger partial charge in [0.25, 0.3) is 5.69 Å². The molecule has 0 unspecified atom stereocenters. The molecule has 4 amide bonds. The lowest BCUT2D eigenvalue weighted by Gasteiger charge is -2.54. The van der Waals surface area contributed by atoms with Crippen LogP contribution in [0.15, 0.2) is 18.2 Å². The van der Waals surface area contributed by atoms with Crippen molar-refractivity contribution in [2.24, 2.45) is 5.41 Å². The van der Waals surface area contributed by atoms with Crippen LogP contribution in [-0.2, 0) is 20.7 Å². The monoisotopic (exact) mass is 402 g/mol. The van der Waals surface area contributed by atoms with Gasteiger partial charge in [-0.1, -0.05) is 0 Å². The molecule has 1 aromatic carbocycles. The van der Waals surface area contributed by atoms with Gasteiger partial charge in [0.15, 0.2) is 5.41 Å². The number of carbonyl (C=O) groups excluding carboxylic acids is 3. The molecule has 3 aliphatic rings. The van der Waals surface area contributed by atoms with E-state index in [0.29, 0.717) is 18.7 Å². The minimum atomic E-state index is -1.61. The number of urea groups is 1. The minimum Gasteiger partial charge on any atom is -0.377 e. The number of morpholine rings is 1. The number of fused-ring (bicyclic) bond motifs is 4. The lowest BCUT2D eigenvalue weighted by molar-refractivity contribution is -0.384. The maximum absolute atomic E-state index is 13.7. The van der Waals surface area contributed by atoms with Crippen molar-refractivity contribution in [3.05, 3.63) is 33.9 Å². The van der Waals surface area contributed by atoms with Crippen molar-refractivity contribution in [2.45, 2.75) is 38.8 Å². The van der Waals surface area contributed by atoms with Crippen LogP contribution in [0, 0.1) is 15.5 Å². The Morgan fingerprint density at radius 2 is 2.00 bits per heavy atom. The molecule has 2 saturated heterocycles. The van der Waals surface area contributed by atoms with Gasteiger partial charge >= 0.3 is 6.03 Å². The number of nitrogens with one attached hydrogen (secondary N) is 1. The van der Waals surface area contributed by atoms with Crippen LogP contribution in [0.3, 0.4) is 0 Å². The minimum absolute atomic E-state index is 0.0426. The van der Waals surface area contributed by atoms with E-state index in [4.69, 9.17) is 4.74 Å². The van der Waals surface area contributed by atoms with Gasteiger partial charge in [-0.2, -0.15) is 0 Å². The molecule has 3 aliphatic heterocycles. The predicted octanol–water partition coefficient (Wildman–Crippen LogP) is 1.22. The second-order valence-corrected chi connectivity index (χ2v) is 8.57. The summed E-state index contributed by atoms with van der Waals surface area (Å²) in [7, 11) is 0. The fourth-order valence-corrected chi connectivity index (χ4v) is 4.54. The van der Waals surface area contributed by atoms with E-state index >= 15 is 0 Å². The van der Waals surface area contributed by atoms with Crippen LogP contribution in [0.2, 0.25) is 0 Å². The van der Waals surface area contributed by atoms with E-state index in [1.807, 2.05) is 4.90 Å². The summed E-state index contributed by atoms with van der Waals surface area (Å²) >= 11 is 0. The number of carbonyl (C=O) groups is 3. The first-order chi connectivity index (χ1) is 13.6. The third kappa shape index (κ3) is 2.70. The summed E-state index contributed by atoms with van der Waals surface area (Å²) in [5.41, 5.74) is -1.29. The Hall–Kier alpha value is -3.01. The van der Waals surface area contributed by atoms with E-state index in [-0.39, 0.29) is 18.7 Å². The SMILES string of the molecule is CC(C)(C)N1C(=O)NC(=O)[C@]2(Cc3cc([N+](=O)[O-])ccc3N3CCOC[C@@H]32)C1=O. The summed E-state index contributed by atoms with van der Waals surface area (Å²) in [4.78, 5) is 53.0. The molecular formula is C19H22N4O6. The molecular weight excluding hydrogens is 380 g/mol. The number of imide groups is 2. The third-order valence-electron chi connectivity index (χ3n) is 5.83. The molecule has 154 valence electrons. The molecule has 1 aromatic rings. The molecule has 1 N–H and O–H groups in total. The van der Waals surface area contributed by atoms with Crippen molar-refractivity contribution < 1.29 is 24.0 Å². The van der Waals surface area contributed by atoms with Gasteiger partial charge < -0.3 is 9.64 Å². The summed E-state index contributed by atoms with van der Waals surface area (Å²) in [5.74, 6) is -1.29. The summed E-state index contributed by atoms with van der Waals surface area (Å²) in [6.07, 6.45) is -0.0426. The molecule has 0 aliphatic carbocycles. The summed E-state index contributed by atoms with van der Waals surface area (Å²) in [5, 5.41) is 13.6. The second kappa shape index (κ2) is 6.24. The van der Waals surface area contributed by atoms with Gasteiger partial charge in [-0.25, -0.2) is 4.79 Å². The lowest BCUT2D eigenvalue weighted by atomic mass is 9.67. The van der Waals surface area contributed by atoms with Gasteiger partial charge in [-0.15, -0.1) is 0 Å². The van der Waals surface area contributed by atoms with Crippen LogP contribution in [0.25, 0.3) is 0 Å². The number of nitro benzene ring substituents is 1. The van der Waals surface area contributed by atoms with E-state index in [1.165, 1.54) is 12.1 Å². The van der Waals surface area contributed by atoms with E-state index in [9.17, 15) is 24.5 Å². The van der Waals surface area contributed by atoms with Crippen LogP contribution in [0.4, 0.5) is 16.2 Å². The van der Waals surface area contributed by atoms with Crippen molar-refractivity contribution in [3.8, 4) is 0 Å². The highest BCUT2D eigenvalue weighted by atomic mass is 16.6. The van der Waals surface area contributed by atoms with Crippen LogP contribution >= 0.6 is 0 Å². The van der Waals surface area contributed by atoms with Gasteiger partial charge in [0.05, 0.1) is 24.2 Å². The average molecular weight is 402 g/mol. The molecule has 0 bridgehead atoms. The van der Waals surface area contributed by atoms with Gasteiger partial charge in [-0.05, 0) is 32.4 Å². The van der Waals surface area contributed by atoms with Crippen LogP contribution in [0.5, 0.6) is 0 Å². The average Bonchev–Trinajstić information content (AvgIpc) is 2.64. The van der Waals surface area contributed by atoms with Gasteiger partial charge in [0.2, 0.25) is 11.8 Å². The van der Waals surface area contributed by atoms with E-state index in [2.05, 4.69) is 5.32 Å². The second-order valence-electron chi connectivity index (χ2n) is 8.57. The highest BCUT2D eigenvalue weighted by molar-refractivity contribution is 6.20. The fourth-order valence-electron chi connectivity index (χ4n) is 4.54. The quantitative estimate of drug-likeness (QED) is 0.426. The molecule has 2 fully saturated rings. The number of nitrogens with zero attached hydrogens (tertiary/aromatic N) is 3. The molecule has 0 radical (unpaired) electrons. The highest BCUT2D eigenvalue weighted by Crippen LogP contribution is 2.47. The van der Waals surface area contributed by atoms with Crippen LogP contribution < -0.4 is 10.2 Å². The van der Waals surface area contributed by atoms with Gasteiger partial charge in [0.1, 0.15) is 0 Å². The predicted molar refractivity (Wildman–Crippen MR) is 101 cm³/mol. The molecule has 0 saturated carbocycles. The summed E-state index contributed by atoms with van der Waals surface area (Å²) in [6.45, 7) is 6.12. The fraction of sp³-hybridized carbons (Fsp3) is 0.526. The number of benzene rings is 1. The van der Waals surface area contributed by atoms with Crippen molar-refractivity contribution in [1.29, 1.82) is 0 Å². The van der Waals surface area contributed by atoms with Crippen LogP contribution in [-0.4, -0.2) is 59.0 Å². The third-order valence-corrected chi connectivity index (χ3v) is 5.83. The largest absolute Gasteiger partial charge is 0.377 e. The highest BCUT2D eigenvalue weighted by Gasteiger charge is 2.63. The molecule has 3 heterocycles. The number of anilines is 1. The van der Waals surface area contributed by atoms with Crippen molar-refractivity contribution in [2.75, 3.05) is 24.7 Å². The normalized spacial score (nSPS) is 26.9. The Kier molecular flexibility index (Phi) is 4.16. The van der Waals surface area contributed by atoms with Crippen molar-refractivity contribution in [1.82, 2.24) is 10.2 Å². The lowest BCUT2D eigenvalue weighted by Crippen LogP contribution is -2.75. The first-order valence-electron chi connectivity index (χ1n) is 9.39. The smallest absolute Gasteiger partial charge is 0.331 e. The standard InChI is InChI=1S/C19H22N4O6/c1-18(2,3)22-16(25)19(15(24)20-17(22)26)9-11-8-12(23(27)28)4-5-13(11)21-6-7-29-10-14(19)21/h4-5,8,14H,6-7,9-10H2,1-3H3,(H,20,24,26)/t14-,19-/m1/s1. The first-order valence-corrected chi connectivity index (χ1v) is 9.39. The summed E-state index contributed by atoms with van der Waals surface area (Å²) in [6, 6.07) is 3.09. The molecule has 1 spiro atoms. The van der Waals surface area contributed by atoms with E-state index in [1.54, 1.807) is 26.8 Å². The Morgan fingerprint density at radius 1 is 1.28 bits per heavy atom. The number of amides is 4. The van der Waals surface area contributed by atoms with Crippen LogP contribution in [0.1, 0.15) is 26.3 Å². The number of rotatable bonds is 1. The molecule has 4 rings (SSSR count). The van der Waals surface area contributed by atoms with E-state index < -0.39 is 39.8 Å². The maximum Gasteiger partial charge on any atom is 0.331 e. The topological polar surface area (TPSA) is 122 Å². The molecule has 10 heteroatoms. The van der Waals surface area contributed by atoms with Crippen molar-refractivity contribution in [3.63, 3.8) is 0 Å². The number of hydrogen-bond acceptors (Lipinski definition) is 7. The number of nitro groups is 1. The molecule has 10 nitrogen and oxygen atoms in total.